The summed E-state index contributed by atoms with van der Waals surface area (Å²) in [5, 5.41) is 13.2. The number of pyridine rings is 3. The summed E-state index contributed by atoms with van der Waals surface area (Å²) in [4.78, 5) is 24.9. The second kappa shape index (κ2) is 15.3. The Labute approximate surface area is 294 Å². The number of nitrogens with one attached hydrogen (secondary N) is 4. The van der Waals surface area contributed by atoms with Gasteiger partial charge in [-0.15, -0.1) is 0 Å². The second-order valence-electron chi connectivity index (χ2n) is 12.1. The summed E-state index contributed by atoms with van der Waals surface area (Å²) in [5.74, 6) is 0.236. The number of hydrogen-bond acceptors (Lipinski definition) is 10. The normalized spacial score (nSPS) is 17.6. The molecule has 11 nitrogen and oxygen atoms in total. The summed E-state index contributed by atoms with van der Waals surface area (Å²) in [7, 11) is -1.43. The molecule has 2 aliphatic rings. The Morgan fingerprint density at radius 1 is 0.959 bits per heavy atom. The van der Waals surface area contributed by atoms with E-state index >= 15 is 4.39 Å². The zero-order chi connectivity index (χ0) is 34.5. The second-order valence-corrected chi connectivity index (χ2v) is 15.1. The molecule has 6 rings (SSSR count). The molecule has 2 saturated heterocycles. The fourth-order valence-electron chi connectivity index (χ4n) is 5.97. The first-order valence-corrected chi connectivity index (χ1v) is 18.5. The Bertz CT molecular complexity index is 1950. The van der Waals surface area contributed by atoms with Gasteiger partial charge in [-0.2, -0.15) is 0 Å². The molecule has 1 aromatic carbocycles. The lowest BCUT2D eigenvalue weighted by Gasteiger charge is -2.23. The first-order valence-electron chi connectivity index (χ1n) is 15.9. The van der Waals surface area contributed by atoms with Crippen molar-refractivity contribution in [1.82, 2.24) is 30.9 Å². The largest absolute Gasteiger partial charge is 0.481 e. The van der Waals surface area contributed by atoms with Crippen LogP contribution >= 0.6 is 23.2 Å². The Balaban J connectivity index is 1.18. The van der Waals surface area contributed by atoms with Crippen LogP contribution in [0.2, 0.25) is 10.0 Å². The smallest absolute Gasteiger partial charge is 0.220 e. The fourth-order valence-corrected chi connectivity index (χ4v) is 8.03. The number of ether oxygens (including phenoxy) is 1. The predicted molar refractivity (Wildman–Crippen MR) is 188 cm³/mol. The average Bonchev–Trinajstić information content (AvgIpc) is 3.51. The number of benzene rings is 1. The van der Waals surface area contributed by atoms with Crippen LogP contribution in [0.4, 0.5) is 15.9 Å². The van der Waals surface area contributed by atoms with Gasteiger partial charge in [0.1, 0.15) is 9.84 Å². The van der Waals surface area contributed by atoms with E-state index in [0.29, 0.717) is 77.0 Å². The van der Waals surface area contributed by atoms with Crippen molar-refractivity contribution in [3.63, 3.8) is 0 Å². The number of anilines is 2. The number of carbonyl (C=O) groups is 1. The maximum absolute atomic E-state index is 15.6. The van der Waals surface area contributed by atoms with Crippen LogP contribution in [-0.2, 0) is 27.7 Å². The van der Waals surface area contributed by atoms with Crippen molar-refractivity contribution in [2.75, 3.05) is 30.5 Å². The highest BCUT2D eigenvalue weighted by Crippen LogP contribution is 2.41. The molecule has 0 saturated carbocycles. The number of rotatable bonds is 12. The summed E-state index contributed by atoms with van der Waals surface area (Å²) < 4.78 is 44.6. The van der Waals surface area contributed by atoms with Gasteiger partial charge in [-0.25, -0.2) is 22.8 Å². The third kappa shape index (κ3) is 8.30. The van der Waals surface area contributed by atoms with Crippen LogP contribution in [0.25, 0.3) is 22.5 Å². The fraction of sp³-hybridized carbons (Fsp3) is 0.353. The van der Waals surface area contributed by atoms with Gasteiger partial charge < -0.3 is 26.0 Å². The summed E-state index contributed by atoms with van der Waals surface area (Å²) in [5.41, 5.74) is 3.79. The monoisotopic (exact) mass is 727 g/mol. The number of methoxy groups -OCH3 is 1. The van der Waals surface area contributed by atoms with E-state index in [1.807, 2.05) is 12.1 Å². The number of hydrogen-bond donors (Lipinski definition) is 4. The van der Waals surface area contributed by atoms with Gasteiger partial charge in [0, 0.05) is 72.8 Å². The molecule has 0 radical (unpaired) electrons. The van der Waals surface area contributed by atoms with Crippen LogP contribution in [-0.4, -0.2) is 66.5 Å². The van der Waals surface area contributed by atoms with E-state index in [0.717, 1.165) is 12.0 Å². The van der Waals surface area contributed by atoms with E-state index in [-0.39, 0.29) is 46.9 Å². The van der Waals surface area contributed by atoms with E-state index in [1.165, 1.54) is 6.20 Å². The van der Waals surface area contributed by atoms with Gasteiger partial charge in [0.05, 0.1) is 45.7 Å². The molecule has 0 aliphatic carbocycles. The van der Waals surface area contributed by atoms with Crippen molar-refractivity contribution in [2.24, 2.45) is 0 Å². The van der Waals surface area contributed by atoms with Gasteiger partial charge in [-0.1, -0.05) is 41.4 Å². The minimum Gasteiger partial charge on any atom is -0.481 e. The Morgan fingerprint density at radius 3 is 2.51 bits per heavy atom. The van der Waals surface area contributed by atoms with Crippen LogP contribution in [0.3, 0.4) is 0 Å². The van der Waals surface area contributed by atoms with Gasteiger partial charge >= 0.3 is 0 Å². The molecule has 258 valence electrons. The van der Waals surface area contributed by atoms with E-state index < -0.39 is 15.7 Å². The molecular weight excluding hydrogens is 692 g/mol. The Morgan fingerprint density at radius 2 is 1.76 bits per heavy atom. The van der Waals surface area contributed by atoms with Crippen LogP contribution in [0, 0.1) is 5.82 Å². The molecule has 1 unspecified atom stereocenters. The molecule has 2 fully saturated rings. The van der Waals surface area contributed by atoms with Gasteiger partial charge in [-0.3, -0.25) is 9.78 Å². The van der Waals surface area contributed by atoms with Crippen molar-refractivity contribution in [1.29, 1.82) is 0 Å². The average molecular weight is 729 g/mol. The molecule has 5 heterocycles. The van der Waals surface area contributed by atoms with Gasteiger partial charge in [-0.05, 0) is 43.5 Å². The van der Waals surface area contributed by atoms with Crippen LogP contribution in [0.5, 0.6) is 5.88 Å². The van der Waals surface area contributed by atoms with Crippen LogP contribution < -0.4 is 26.0 Å². The molecule has 4 aromatic rings. The van der Waals surface area contributed by atoms with E-state index in [9.17, 15) is 13.2 Å². The molecule has 3 aromatic heterocycles. The van der Waals surface area contributed by atoms with Crippen molar-refractivity contribution >= 4 is 50.5 Å². The molecular formula is C34H36Cl2FN7O4S. The topological polar surface area (TPSA) is 147 Å². The highest BCUT2D eigenvalue weighted by molar-refractivity contribution is 7.91. The predicted octanol–water partition coefficient (Wildman–Crippen LogP) is 5.44. The molecule has 1 amide bonds. The minimum absolute atomic E-state index is 0.00347. The first kappa shape index (κ1) is 35.0. The maximum atomic E-state index is 15.6. The summed E-state index contributed by atoms with van der Waals surface area (Å²) >= 11 is 13.8. The molecule has 49 heavy (non-hydrogen) atoms. The van der Waals surface area contributed by atoms with Crippen molar-refractivity contribution in [2.45, 2.75) is 50.9 Å². The van der Waals surface area contributed by atoms with E-state index in [1.54, 1.807) is 43.6 Å². The Hall–Kier alpha value is -3.88. The van der Waals surface area contributed by atoms with E-state index in [2.05, 4.69) is 31.2 Å². The third-order valence-corrected chi connectivity index (χ3v) is 11.2. The summed E-state index contributed by atoms with van der Waals surface area (Å²) in [6.07, 6.45) is 5.47. The van der Waals surface area contributed by atoms with Gasteiger partial charge in [0.15, 0.2) is 11.6 Å². The molecule has 15 heteroatoms. The molecule has 4 N–H and O–H groups in total. The van der Waals surface area contributed by atoms with Crippen LogP contribution in [0.15, 0.2) is 54.9 Å². The number of halogens is 3. The lowest BCUT2D eigenvalue weighted by atomic mass is 10.1. The first-order chi connectivity index (χ1) is 23.6. The molecule has 0 spiro atoms. The summed E-state index contributed by atoms with van der Waals surface area (Å²) in [6, 6.07) is 12.5. The minimum atomic E-state index is -2.99. The summed E-state index contributed by atoms with van der Waals surface area (Å²) in [6.45, 7) is 1.38. The van der Waals surface area contributed by atoms with Gasteiger partial charge in [0.25, 0.3) is 0 Å². The molecule has 2 aliphatic heterocycles. The van der Waals surface area contributed by atoms with Crippen molar-refractivity contribution in [3.05, 3.63) is 81.8 Å². The standard InChI is InChI=1S/C34H36Cl2FN7O4S/c1-48-34-21(17-38-19-23-6-8-28(45)42-23)5-7-26(44-34)24-10-14-39-32(30(24)36)25-3-2-4-27(29(25)35)43-33-31(37)20(9-13-40-33)18-41-22-11-15-49(46,47)16-12-22/h2-5,7,9-10,13-14,22-23,38,41H,6,8,11-12,15-19H2,1H3,(H,40,43)(H,42,45). The maximum Gasteiger partial charge on any atom is 0.220 e. The number of nitrogens with zero attached hydrogens (tertiary/aromatic N) is 3. The third-order valence-electron chi connectivity index (χ3n) is 8.70. The van der Waals surface area contributed by atoms with Crippen molar-refractivity contribution < 1.29 is 22.3 Å². The number of amides is 1. The lowest BCUT2D eigenvalue weighted by Crippen LogP contribution is -2.37. The highest BCUT2D eigenvalue weighted by Gasteiger charge is 2.24. The number of aromatic nitrogens is 3. The lowest BCUT2D eigenvalue weighted by molar-refractivity contribution is -0.119. The highest BCUT2D eigenvalue weighted by atomic mass is 35.5. The molecule has 1 atom stereocenters. The number of sulfone groups is 1. The SMILES string of the molecule is COc1nc(-c2ccnc(-c3cccc(Nc4nccc(CNC5CCS(=O)(=O)CC5)c4F)c3Cl)c2Cl)ccc1CNCC1CCC(=O)N1. The zero-order valence-electron chi connectivity index (χ0n) is 26.7. The Kier molecular flexibility index (Phi) is 10.9. The van der Waals surface area contributed by atoms with E-state index in [4.69, 9.17) is 32.9 Å². The zero-order valence-corrected chi connectivity index (χ0v) is 29.1. The molecule has 0 bridgehead atoms. The van der Waals surface area contributed by atoms with Crippen molar-refractivity contribution in [3.8, 4) is 28.4 Å². The quantitative estimate of drug-likeness (QED) is 0.149. The number of carbonyl (C=O) groups excluding carboxylic acids is 1. The van der Waals surface area contributed by atoms with Crippen LogP contribution in [0.1, 0.15) is 36.8 Å². The van der Waals surface area contributed by atoms with Gasteiger partial charge in [0.2, 0.25) is 11.8 Å².